The van der Waals surface area contributed by atoms with Crippen molar-refractivity contribution in [3.63, 3.8) is 0 Å². The first-order valence-electron chi connectivity index (χ1n) is 5.36. The molecule has 0 aromatic rings. The second kappa shape index (κ2) is 4.26. The van der Waals surface area contributed by atoms with Gasteiger partial charge in [-0.25, -0.2) is 0 Å². The number of aliphatic carboxylic acids is 1. The third-order valence-corrected chi connectivity index (χ3v) is 7.17. The van der Waals surface area contributed by atoms with Crippen LogP contribution in [0, 0.1) is 5.41 Å². The van der Waals surface area contributed by atoms with E-state index in [0.717, 1.165) is 6.42 Å². The van der Waals surface area contributed by atoms with Gasteiger partial charge in [0.15, 0.2) is 8.32 Å². The van der Waals surface area contributed by atoms with Gasteiger partial charge in [0.2, 0.25) is 0 Å². The first-order valence-corrected chi connectivity index (χ1v) is 8.31. The van der Waals surface area contributed by atoms with E-state index in [-0.39, 0.29) is 5.04 Å². The smallest absolute Gasteiger partial charge is 0.309 e. The van der Waals surface area contributed by atoms with E-state index in [0.29, 0.717) is 6.42 Å². The number of carboxylic acids is 1. The SMILES string of the molecule is CC(C)(CCC(C)(C)[Si](C)(C)O)C(=O)O. The normalized spacial score (nSPS) is 14.1. The van der Waals surface area contributed by atoms with Gasteiger partial charge in [0.05, 0.1) is 5.41 Å². The summed E-state index contributed by atoms with van der Waals surface area (Å²) in [5.41, 5.74) is -0.698. The van der Waals surface area contributed by atoms with Gasteiger partial charge in [0.25, 0.3) is 0 Å². The van der Waals surface area contributed by atoms with Gasteiger partial charge in [-0.2, -0.15) is 0 Å². The van der Waals surface area contributed by atoms with E-state index >= 15 is 0 Å². The summed E-state index contributed by atoms with van der Waals surface area (Å²) in [7, 11) is -2.21. The number of carbonyl (C=O) groups is 1. The Hall–Kier alpha value is -0.353. The minimum atomic E-state index is -2.21. The van der Waals surface area contributed by atoms with Crippen LogP contribution >= 0.6 is 0 Å². The standard InChI is InChI=1S/C11H24O3Si/c1-10(2,9(12)13)7-8-11(3,4)15(5,6)14/h14H,7-8H2,1-6H3,(H,12,13). The van der Waals surface area contributed by atoms with Gasteiger partial charge >= 0.3 is 5.97 Å². The lowest BCUT2D eigenvalue weighted by atomic mass is 9.85. The topological polar surface area (TPSA) is 57.5 Å². The molecule has 0 aromatic carbocycles. The van der Waals surface area contributed by atoms with E-state index in [1.54, 1.807) is 13.8 Å². The van der Waals surface area contributed by atoms with Gasteiger partial charge in [-0.3, -0.25) is 4.79 Å². The third-order valence-electron chi connectivity index (χ3n) is 3.61. The lowest BCUT2D eigenvalue weighted by Crippen LogP contribution is -2.40. The number of hydrogen-bond acceptors (Lipinski definition) is 2. The molecule has 0 amide bonds. The molecule has 0 radical (unpaired) electrons. The fraction of sp³-hybridized carbons (Fsp3) is 0.909. The highest BCUT2D eigenvalue weighted by Crippen LogP contribution is 2.42. The van der Waals surface area contributed by atoms with Crippen molar-refractivity contribution < 1.29 is 14.7 Å². The average Bonchev–Trinajstić information content (AvgIpc) is 1.99. The van der Waals surface area contributed by atoms with Gasteiger partial charge in [0, 0.05) is 0 Å². The Balaban J connectivity index is 4.47. The molecule has 90 valence electrons. The van der Waals surface area contributed by atoms with Gasteiger partial charge in [-0.05, 0) is 44.8 Å². The predicted molar refractivity (Wildman–Crippen MR) is 64.4 cm³/mol. The molecule has 0 aliphatic heterocycles. The molecule has 0 bridgehead atoms. The molecule has 0 atom stereocenters. The van der Waals surface area contributed by atoms with Crippen LogP contribution in [0.2, 0.25) is 18.1 Å². The maximum atomic E-state index is 10.9. The first kappa shape index (κ1) is 14.6. The molecule has 0 heterocycles. The van der Waals surface area contributed by atoms with Crippen molar-refractivity contribution in [1.82, 2.24) is 0 Å². The van der Waals surface area contributed by atoms with Crippen LogP contribution in [-0.4, -0.2) is 24.2 Å². The highest BCUT2D eigenvalue weighted by Gasteiger charge is 2.40. The molecule has 0 unspecified atom stereocenters. The van der Waals surface area contributed by atoms with Crippen LogP contribution in [0.1, 0.15) is 40.5 Å². The highest BCUT2D eigenvalue weighted by atomic mass is 28.4. The number of rotatable bonds is 5. The molecular weight excluding hydrogens is 208 g/mol. The van der Waals surface area contributed by atoms with Gasteiger partial charge in [0.1, 0.15) is 0 Å². The maximum Gasteiger partial charge on any atom is 0.309 e. The Morgan fingerprint density at radius 3 is 1.80 bits per heavy atom. The van der Waals surface area contributed by atoms with Crippen molar-refractivity contribution in [1.29, 1.82) is 0 Å². The second-order valence-electron chi connectivity index (χ2n) is 6.13. The van der Waals surface area contributed by atoms with Crippen LogP contribution < -0.4 is 0 Å². The highest BCUT2D eigenvalue weighted by molar-refractivity contribution is 6.72. The Morgan fingerprint density at radius 2 is 1.53 bits per heavy atom. The van der Waals surface area contributed by atoms with Crippen LogP contribution in [0.5, 0.6) is 0 Å². The lowest BCUT2D eigenvalue weighted by Gasteiger charge is -2.36. The molecule has 15 heavy (non-hydrogen) atoms. The van der Waals surface area contributed by atoms with Crippen molar-refractivity contribution in [3.05, 3.63) is 0 Å². The summed E-state index contributed by atoms with van der Waals surface area (Å²) in [6, 6.07) is 0. The van der Waals surface area contributed by atoms with E-state index < -0.39 is 19.7 Å². The Labute approximate surface area is 93.6 Å². The van der Waals surface area contributed by atoms with E-state index in [1.165, 1.54) is 0 Å². The van der Waals surface area contributed by atoms with Gasteiger partial charge < -0.3 is 9.90 Å². The number of hydrogen-bond donors (Lipinski definition) is 2. The molecule has 4 heteroatoms. The van der Waals surface area contributed by atoms with Gasteiger partial charge in [-0.15, -0.1) is 0 Å². The maximum absolute atomic E-state index is 10.9. The summed E-state index contributed by atoms with van der Waals surface area (Å²) in [6.07, 6.45) is 1.36. The number of carboxylic acid groups (broad SMARTS) is 1. The zero-order valence-electron chi connectivity index (χ0n) is 10.7. The van der Waals surface area contributed by atoms with Crippen LogP contribution in [0.25, 0.3) is 0 Å². The Bertz CT molecular complexity index is 239. The molecule has 3 nitrogen and oxygen atoms in total. The van der Waals surface area contributed by atoms with E-state index in [4.69, 9.17) is 5.11 Å². The lowest BCUT2D eigenvalue weighted by molar-refractivity contribution is -0.147. The monoisotopic (exact) mass is 232 g/mol. The molecule has 2 N–H and O–H groups in total. The second-order valence-corrected chi connectivity index (χ2v) is 10.6. The molecule has 0 saturated carbocycles. The molecule has 0 aliphatic carbocycles. The van der Waals surface area contributed by atoms with Crippen molar-refractivity contribution in [3.8, 4) is 0 Å². The van der Waals surface area contributed by atoms with Crippen molar-refractivity contribution in [2.75, 3.05) is 0 Å². The van der Waals surface area contributed by atoms with E-state index in [1.807, 2.05) is 26.9 Å². The quantitative estimate of drug-likeness (QED) is 0.717. The molecule has 0 aliphatic rings. The molecule has 0 spiro atoms. The third kappa shape index (κ3) is 3.95. The predicted octanol–water partition coefficient (Wildman–Crippen LogP) is 2.86. The summed E-state index contributed by atoms with van der Waals surface area (Å²) in [4.78, 5) is 21.0. The summed E-state index contributed by atoms with van der Waals surface area (Å²) in [5, 5.41) is 8.85. The van der Waals surface area contributed by atoms with Crippen LogP contribution in [0.15, 0.2) is 0 Å². The molecule has 0 rings (SSSR count). The zero-order valence-corrected chi connectivity index (χ0v) is 11.7. The molecule has 0 saturated heterocycles. The Morgan fingerprint density at radius 1 is 1.13 bits per heavy atom. The summed E-state index contributed by atoms with van der Waals surface area (Å²) in [6.45, 7) is 11.3. The molecular formula is C11H24O3Si. The molecule has 0 aromatic heterocycles. The zero-order chi connectivity index (χ0) is 12.5. The largest absolute Gasteiger partial charge is 0.481 e. The molecule has 0 fully saturated rings. The summed E-state index contributed by atoms with van der Waals surface area (Å²) < 4.78 is 0. The minimum absolute atomic E-state index is 0.139. The first-order chi connectivity index (χ1) is 6.40. The van der Waals surface area contributed by atoms with Crippen molar-refractivity contribution in [2.45, 2.75) is 58.7 Å². The average molecular weight is 232 g/mol. The van der Waals surface area contributed by atoms with E-state index in [2.05, 4.69) is 0 Å². The summed E-state index contributed by atoms with van der Waals surface area (Å²) >= 11 is 0. The Kier molecular flexibility index (Phi) is 4.16. The van der Waals surface area contributed by atoms with Crippen molar-refractivity contribution >= 4 is 14.3 Å². The van der Waals surface area contributed by atoms with Gasteiger partial charge in [-0.1, -0.05) is 13.8 Å². The van der Waals surface area contributed by atoms with E-state index in [9.17, 15) is 9.59 Å². The summed E-state index contributed by atoms with van der Waals surface area (Å²) in [5.74, 6) is -0.768. The minimum Gasteiger partial charge on any atom is -0.481 e. The van der Waals surface area contributed by atoms with Crippen LogP contribution in [0.3, 0.4) is 0 Å². The van der Waals surface area contributed by atoms with Crippen LogP contribution in [0.4, 0.5) is 0 Å². The fourth-order valence-electron chi connectivity index (χ4n) is 1.04. The fourth-order valence-corrected chi connectivity index (χ4v) is 1.77. The van der Waals surface area contributed by atoms with Crippen molar-refractivity contribution in [2.24, 2.45) is 5.41 Å². The van der Waals surface area contributed by atoms with Crippen LogP contribution in [-0.2, 0) is 4.79 Å².